The zero-order valence-electron chi connectivity index (χ0n) is 10.9. The first-order valence-electron chi connectivity index (χ1n) is 5.86. The summed E-state index contributed by atoms with van der Waals surface area (Å²) in [6.45, 7) is 4.15. The second kappa shape index (κ2) is 6.35. The number of nitrogens with zero attached hydrogens (tertiary/aromatic N) is 3. The van der Waals surface area contributed by atoms with Crippen molar-refractivity contribution in [3.8, 4) is 11.5 Å². The van der Waals surface area contributed by atoms with Crippen LogP contribution in [-0.2, 0) is 0 Å². The quantitative estimate of drug-likeness (QED) is 0.467. The number of phenols is 1. The molecule has 0 aliphatic heterocycles. The Morgan fingerprint density at radius 1 is 1.60 bits per heavy atom. The number of rotatable bonds is 4. The molecule has 0 atom stereocenters. The van der Waals surface area contributed by atoms with E-state index in [1.54, 1.807) is 25.3 Å². The lowest BCUT2D eigenvalue weighted by Gasteiger charge is -2.08. The number of benzene rings is 1. The fourth-order valence-corrected chi connectivity index (χ4v) is 2.41. The number of aromatic amines is 1. The summed E-state index contributed by atoms with van der Waals surface area (Å²) in [5.74, 6) is 1.25. The molecule has 0 aliphatic carbocycles. The molecule has 1 heterocycles. The van der Waals surface area contributed by atoms with Crippen LogP contribution >= 0.6 is 34.8 Å². The van der Waals surface area contributed by atoms with Crippen LogP contribution in [0.3, 0.4) is 0 Å². The van der Waals surface area contributed by atoms with Gasteiger partial charge in [-0.3, -0.25) is 5.10 Å². The maximum Gasteiger partial charge on any atom is 0.216 e. The zero-order valence-corrected chi connectivity index (χ0v) is 13.9. The standard InChI is InChI=1S/C12H13IN4O2S/c1-3-19-10-5-8(4-9(13)11(10)18)6-14-17-7(2)15-16-12(17)20/h4-6,18H,3H2,1-2H3,(H,16,20)/b14-6-. The molecule has 0 saturated carbocycles. The van der Waals surface area contributed by atoms with E-state index in [-0.39, 0.29) is 5.75 Å². The molecule has 8 heteroatoms. The van der Waals surface area contributed by atoms with Crippen molar-refractivity contribution in [2.45, 2.75) is 13.8 Å². The van der Waals surface area contributed by atoms with Gasteiger partial charge in [-0.05, 0) is 66.4 Å². The topological polar surface area (TPSA) is 75.4 Å². The van der Waals surface area contributed by atoms with Crippen molar-refractivity contribution in [3.63, 3.8) is 0 Å². The number of aryl methyl sites for hydroxylation is 1. The summed E-state index contributed by atoms with van der Waals surface area (Å²) in [5.41, 5.74) is 0.804. The van der Waals surface area contributed by atoms with E-state index in [9.17, 15) is 5.11 Å². The number of aromatic nitrogens is 3. The third kappa shape index (κ3) is 3.18. The number of phenolic OH excluding ortho intramolecular Hbond substituents is 1. The molecule has 0 fully saturated rings. The highest BCUT2D eigenvalue weighted by atomic mass is 127. The van der Waals surface area contributed by atoms with Crippen LogP contribution in [0.1, 0.15) is 18.3 Å². The van der Waals surface area contributed by atoms with Gasteiger partial charge in [0.15, 0.2) is 11.5 Å². The molecule has 0 bridgehead atoms. The second-order valence-corrected chi connectivity index (χ2v) is 5.46. The van der Waals surface area contributed by atoms with E-state index >= 15 is 0 Å². The van der Waals surface area contributed by atoms with Crippen LogP contribution in [0.5, 0.6) is 11.5 Å². The zero-order chi connectivity index (χ0) is 14.7. The second-order valence-electron chi connectivity index (χ2n) is 3.91. The normalized spacial score (nSPS) is 11.2. The average Bonchev–Trinajstić information content (AvgIpc) is 2.72. The molecular weight excluding hydrogens is 391 g/mol. The summed E-state index contributed by atoms with van der Waals surface area (Å²) in [6, 6.07) is 3.53. The Bertz CT molecular complexity index is 708. The van der Waals surface area contributed by atoms with Crippen LogP contribution < -0.4 is 4.74 Å². The Kier molecular flexibility index (Phi) is 4.76. The average molecular weight is 404 g/mol. The van der Waals surface area contributed by atoms with E-state index in [0.717, 1.165) is 5.56 Å². The number of hydrogen-bond acceptors (Lipinski definition) is 5. The number of H-pyrrole nitrogens is 1. The minimum Gasteiger partial charge on any atom is -0.504 e. The minimum absolute atomic E-state index is 0.140. The van der Waals surface area contributed by atoms with Crippen molar-refractivity contribution in [3.05, 3.63) is 31.9 Å². The summed E-state index contributed by atoms with van der Waals surface area (Å²) in [6.07, 6.45) is 1.64. The fourth-order valence-electron chi connectivity index (χ4n) is 1.56. The molecule has 6 nitrogen and oxygen atoms in total. The molecule has 0 spiro atoms. The predicted molar refractivity (Wildman–Crippen MR) is 87.1 cm³/mol. The van der Waals surface area contributed by atoms with Crippen LogP contribution in [0.15, 0.2) is 17.2 Å². The highest BCUT2D eigenvalue weighted by Gasteiger charge is 2.08. The van der Waals surface area contributed by atoms with Gasteiger partial charge in [0.2, 0.25) is 4.77 Å². The number of nitrogens with one attached hydrogen (secondary N) is 1. The number of halogens is 1. The molecule has 2 rings (SSSR count). The van der Waals surface area contributed by atoms with E-state index in [1.165, 1.54) is 4.68 Å². The van der Waals surface area contributed by atoms with Crippen molar-refractivity contribution >= 4 is 41.0 Å². The lowest BCUT2D eigenvalue weighted by Crippen LogP contribution is -1.97. The van der Waals surface area contributed by atoms with Crippen LogP contribution in [-0.4, -0.2) is 32.8 Å². The summed E-state index contributed by atoms with van der Waals surface area (Å²) in [5, 5.41) is 20.8. The molecule has 0 amide bonds. The lowest BCUT2D eigenvalue weighted by atomic mass is 10.2. The first kappa shape index (κ1) is 15.0. The van der Waals surface area contributed by atoms with Gasteiger partial charge < -0.3 is 9.84 Å². The van der Waals surface area contributed by atoms with Gasteiger partial charge in [-0.2, -0.15) is 14.9 Å². The molecule has 106 valence electrons. The monoisotopic (exact) mass is 404 g/mol. The van der Waals surface area contributed by atoms with E-state index in [0.29, 0.717) is 26.5 Å². The highest BCUT2D eigenvalue weighted by Crippen LogP contribution is 2.32. The largest absolute Gasteiger partial charge is 0.504 e. The van der Waals surface area contributed by atoms with E-state index in [4.69, 9.17) is 17.0 Å². The van der Waals surface area contributed by atoms with Gasteiger partial charge >= 0.3 is 0 Å². The summed E-state index contributed by atoms with van der Waals surface area (Å²) in [4.78, 5) is 0. The number of ether oxygens (including phenoxy) is 1. The molecule has 2 N–H and O–H groups in total. The molecule has 1 aromatic carbocycles. The molecule has 0 unspecified atom stereocenters. The Balaban J connectivity index is 2.37. The molecule has 0 saturated heterocycles. The lowest BCUT2D eigenvalue weighted by molar-refractivity contribution is 0.317. The number of hydrogen-bond donors (Lipinski definition) is 2. The number of aromatic hydroxyl groups is 1. The molecular formula is C12H13IN4O2S. The van der Waals surface area contributed by atoms with Crippen LogP contribution in [0, 0.1) is 15.3 Å². The van der Waals surface area contributed by atoms with Gasteiger partial charge in [0.1, 0.15) is 5.82 Å². The van der Waals surface area contributed by atoms with Gasteiger partial charge in [0.05, 0.1) is 16.4 Å². The van der Waals surface area contributed by atoms with E-state index < -0.39 is 0 Å². The van der Waals surface area contributed by atoms with Crippen molar-refractivity contribution < 1.29 is 9.84 Å². The van der Waals surface area contributed by atoms with Crippen molar-refractivity contribution in [1.82, 2.24) is 14.9 Å². The SMILES string of the molecule is CCOc1cc(/C=N\n2c(C)n[nH]c2=S)cc(I)c1O. The molecule has 0 radical (unpaired) electrons. The van der Waals surface area contributed by atoms with Crippen LogP contribution in [0.2, 0.25) is 0 Å². The third-order valence-corrected chi connectivity index (χ3v) is 3.57. The molecule has 0 aliphatic rings. The predicted octanol–water partition coefficient (Wildman–Crippen LogP) is 2.84. The Morgan fingerprint density at radius 3 is 2.95 bits per heavy atom. The summed E-state index contributed by atoms with van der Waals surface area (Å²) < 4.78 is 8.03. The van der Waals surface area contributed by atoms with Crippen LogP contribution in [0.4, 0.5) is 0 Å². The Hall–Kier alpha value is -1.42. The van der Waals surface area contributed by atoms with Crippen molar-refractivity contribution in [2.75, 3.05) is 6.61 Å². The van der Waals surface area contributed by atoms with Crippen molar-refractivity contribution in [1.29, 1.82) is 0 Å². The van der Waals surface area contributed by atoms with Crippen LogP contribution in [0.25, 0.3) is 0 Å². The smallest absolute Gasteiger partial charge is 0.216 e. The highest BCUT2D eigenvalue weighted by molar-refractivity contribution is 14.1. The first-order valence-corrected chi connectivity index (χ1v) is 7.35. The Labute approximate surface area is 134 Å². The molecule has 20 heavy (non-hydrogen) atoms. The summed E-state index contributed by atoms with van der Waals surface area (Å²) >= 11 is 7.11. The molecule has 2 aromatic rings. The van der Waals surface area contributed by atoms with Gasteiger partial charge in [0.25, 0.3) is 0 Å². The van der Waals surface area contributed by atoms with Gasteiger partial charge in [-0.25, -0.2) is 0 Å². The van der Waals surface area contributed by atoms with Gasteiger partial charge in [0, 0.05) is 0 Å². The third-order valence-electron chi connectivity index (χ3n) is 2.49. The maximum absolute atomic E-state index is 9.88. The van der Waals surface area contributed by atoms with Gasteiger partial charge in [-0.15, -0.1) is 0 Å². The fraction of sp³-hybridized carbons (Fsp3) is 0.250. The Morgan fingerprint density at radius 2 is 2.35 bits per heavy atom. The van der Waals surface area contributed by atoms with E-state index in [1.807, 2.05) is 29.5 Å². The first-order chi connectivity index (χ1) is 9.52. The minimum atomic E-state index is 0.140. The maximum atomic E-state index is 9.88. The van der Waals surface area contributed by atoms with E-state index in [2.05, 4.69) is 15.3 Å². The van der Waals surface area contributed by atoms with Crippen molar-refractivity contribution in [2.24, 2.45) is 5.10 Å². The molecule has 1 aromatic heterocycles. The van der Waals surface area contributed by atoms with Gasteiger partial charge in [-0.1, -0.05) is 0 Å². The summed E-state index contributed by atoms with van der Waals surface area (Å²) in [7, 11) is 0.